The van der Waals surface area contributed by atoms with Crippen LogP contribution in [0.15, 0.2) is 16.6 Å². The summed E-state index contributed by atoms with van der Waals surface area (Å²) in [5.41, 5.74) is 1.09. The second kappa shape index (κ2) is 4.63. The Morgan fingerprint density at radius 3 is 2.60 bits per heavy atom. The van der Waals surface area contributed by atoms with Crippen LogP contribution < -0.4 is 4.74 Å². The third-order valence-electron chi connectivity index (χ3n) is 1.95. The van der Waals surface area contributed by atoms with Gasteiger partial charge >= 0.3 is 5.97 Å². The molecule has 0 aliphatic heterocycles. The number of methoxy groups -OCH3 is 1. The van der Waals surface area contributed by atoms with Crippen molar-refractivity contribution in [1.82, 2.24) is 0 Å². The highest BCUT2D eigenvalue weighted by Crippen LogP contribution is 2.34. The van der Waals surface area contributed by atoms with Crippen molar-refractivity contribution in [3.05, 3.63) is 27.7 Å². The second-order valence-electron chi connectivity index (χ2n) is 3.11. The largest absolute Gasteiger partial charge is 0.495 e. The van der Waals surface area contributed by atoms with Gasteiger partial charge in [0.05, 0.1) is 11.6 Å². The minimum atomic E-state index is -1.57. The molecule has 0 aliphatic carbocycles. The predicted octanol–water partition coefficient (Wildman–Crippen LogP) is 1.88. The third-order valence-corrected chi connectivity index (χ3v) is 2.54. The molecular weight excluding hydrogens is 264 g/mol. The second-order valence-corrected chi connectivity index (χ2v) is 3.96. The summed E-state index contributed by atoms with van der Waals surface area (Å²) < 4.78 is 5.66. The maximum Gasteiger partial charge on any atom is 0.337 e. The van der Waals surface area contributed by atoms with E-state index < -0.39 is 12.1 Å². The summed E-state index contributed by atoms with van der Waals surface area (Å²) in [6.45, 7) is 1.81. The monoisotopic (exact) mass is 274 g/mol. The van der Waals surface area contributed by atoms with Gasteiger partial charge in [-0.3, -0.25) is 0 Å². The molecule has 0 spiro atoms. The number of benzene rings is 1. The van der Waals surface area contributed by atoms with Gasteiger partial charge in [-0.15, -0.1) is 0 Å². The van der Waals surface area contributed by atoms with Crippen LogP contribution in [0.5, 0.6) is 5.75 Å². The number of hydrogen-bond donors (Lipinski definition) is 2. The highest BCUT2D eigenvalue weighted by Gasteiger charge is 2.22. The van der Waals surface area contributed by atoms with Crippen molar-refractivity contribution in [1.29, 1.82) is 0 Å². The Morgan fingerprint density at radius 2 is 2.13 bits per heavy atom. The predicted molar refractivity (Wildman–Crippen MR) is 58.0 cm³/mol. The topological polar surface area (TPSA) is 66.8 Å². The zero-order chi connectivity index (χ0) is 11.6. The maximum absolute atomic E-state index is 10.7. The van der Waals surface area contributed by atoms with E-state index >= 15 is 0 Å². The highest BCUT2D eigenvalue weighted by atomic mass is 79.9. The lowest BCUT2D eigenvalue weighted by Gasteiger charge is -2.13. The summed E-state index contributed by atoms with van der Waals surface area (Å²) in [6, 6.07) is 3.37. The number of aliphatic carboxylic acids is 1. The number of halogens is 1. The average Bonchev–Trinajstić information content (AvgIpc) is 2.15. The van der Waals surface area contributed by atoms with Crippen molar-refractivity contribution in [2.45, 2.75) is 13.0 Å². The van der Waals surface area contributed by atoms with Crippen LogP contribution in [0.3, 0.4) is 0 Å². The van der Waals surface area contributed by atoms with Crippen LogP contribution in [0.1, 0.15) is 17.2 Å². The van der Waals surface area contributed by atoms with Gasteiger partial charge in [-0.1, -0.05) is 0 Å². The smallest absolute Gasteiger partial charge is 0.337 e. The number of aryl methyl sites for hydroxylation is 1. The van der Waals surface area contributed by atoms with Crippen LogP contribution in [-0.2, 0) is 4.79 Å². The van der Waals surface area contributed by atoms with E-state index in [0.717, 1.165) is 5.56 Å². The molecule has 0 aromatic heterocycles. The van der Waals surface area contributed by atoms with Gasteiger partial charge in [0.2, 0.25) is 0 Å². The Morgan fingerprint density at radius 1 is 1.53 bits per heavy atom. The molecule has 1 aromatic rings. The molecule has 0 heterocycles. The lowest BCUT2D eigenvalue weighted by Crippen LogP contribution is -2.12. The van der Waals surface area contributed by atoms with Crippen LogP contribution in [0.4, 0.5) is 0 Å². The van der Waals surface area contributed by atoms with E-state index in [9.17, 15) is 9.90 Å². The fraction of sp³-hybridized carbons (Fsp3) is 0.300. The molecule has 5 heteroatoms. The van der Waals surface area contributed by atoms with E-state index in [1.54, 1.807) is 12.1 Å². The quantitative estimate of drug-likeness (QED) is 0.883. The number of carboxylic acids is 1. The molecule has 0 fully saturated rings. The summed E-state index contributed by atoms with van der Waals surface area (Å²) in [6.07, 6.45) is -1.57. The molecule has 1 unspecified atom stereocenters. The summed E-state index contributed by atoms with van der Waals surface area (Å²) in [7, 11) is 1.42. The number of carboxylic acid groups (broad SMARTS) is 1. The van der Waals surface area contributed by atoms with Gasteiger partial charge < -0.3 is 14.9 Å². The van der Waals surface area contributed by atoms with Crippen LogP contribution in [0, 0.1) is 6.92 Å². The van der Waals surface area contributed by atoms with E-state index in [4.69, 9.17) is 9.84 Å². The van der Waals surface area contributed by atoms with Gasteiger partial charge in [0.15, 0.2) is 6.10 Å². The van der Waals surface area contributed by atoms with Crippen molar-refractivity contribution >= 4 is 21.9 Å². The number of carbonyl (C=O) groups is 1. The Kier molecular flexibility index (Phi) is 3.71. The third kappa shape index (κ3) is 2.49. The van der Waals surface area contributed by atoms with Crippen LogP contribution in [0.2, 0.25) is 0 Å². The molecule has 0 saturated carbocycles. The molecule has 0 saturated heterocycles. The minimum absolute atomic E-state index is 0.247. The van der Waals surface area contributed by atoms with E-state index in [0.29, 0.717) is 10.2 Å². The van der Waals surface area contributed by atoms with Gasteiger partial charge in [0.25, 0.3) is 0 Å². The Bertz CT molecular complexity index is 389. The molecule has 1 rings (SSSR count). The van der Waals surface area contributed by atoms with Crippen molar-refractivity contribution < 1.29 is 19.7 Å². The number of aliphatic hydroxyl groups is 1. The summed E-state index contributed by atoms with van der Waals surface area (Å²) >= 11 is 3.25. The van der Waals surface area contributed by atoms with Crippen molar-refractivity contribution in [3.63, 3.8) is 0 Å². The van der Waals surface area contributed by atoms with Crippen LogP contribution in [0.25, 0.3) is 0 Å². The van der Waals surface area contributed by atoms with Gasteiger partial charge in [0.1, 0.15) is 5.75 Å². The van der Waals surface area contributed by atoms with Gasteiger partial charge in [-0.25, -0.2) is 4.79 Å². The van der Waals surface area contributed by atoms with Gasteiger partial charge in [-0.2, -0.15) is 0 Å². The summed E-state index contributed by atoms with van der Waals surface area (Å²) in [4.78, 5) is 10.7. The Balaban J connectivity index is 3.32. The normalized spacial score (nSPS) is 12.3. The molecule has 0 amide bonds. The Hall–Kier alpha value is -1.07. The first-order chi connectivity index (χ1) is 6.97. The molecule has 1 atom stereocenters. The molecule has 2 N–H and O–H groups in total. The Labute approximate surface area is 95.6 Å². The van der Waals surface area contributed by atoms with Gasteiger partial charge in [0, 0.05) is 5.56 Å². The van der Waals surface area contributed by atoms with E-state index in [2.05, 4.69) is 15.9 Å². The summed E-state index contributed by atoms with van der Waals surface area (Å²) in [5.74, 6) is -0.957. The molecule has 15 heavy (non-hydrogen) atoms. The van der Waals surface area contributed by atoms with Crippen LogP contribution >= 0.6 is 15.9 Å². The fourth-order valence-electron chi connectivity index (χ4n) is 1.31. The van der Waals surface area contributed by atoms with Crippen molar-refractivity contribution in [3.8, 4) is 5.75 Å². The zero-order valence-corrected chi connectivity index (χ0v) is 9.91. The number of hydrogen-bond acceptors (Lipinski definition) is 3. The molecule has 0 aliphatic rings. The zero-order valence-electron chi connectivity index (χ0n) is 8.32. The molecular formula is C10H11BrO4. The first kappa shape index (κ1) is 12.0. The SMILES string of the molecule is COc1c(Br)cc(C)cc1C(O)C(=O)O. The van der Waals surface area contributed by atoms with Crippen molar-refractivity contribution in [2.24, 2.45) is 0 Å². The summed E-state index contributed by atoms with van der Waals surface area (Å²) in [5, 5.41) is 18.2. The standard InChI is InChI=1S/C10H11BrO4/c1-5-3-6(8(12)10(13)14)9(15-2)7(11)4-5/h3-4,8,12H,1-2H3,(H,13,14). The molecule has 82 valence electrons. The number of rotatable bonds is 3. The van der Waals surface area contributed by atoms with Crippen molar-refractivity contribution in [2.75, 3.05) is 7.11 Å². The average molecular weight is 275 g/mol. The van der Waals surface area contributed by atoms with E-state index in [-0.39, 0.29) is 5.56 Å². The van der Waals surface area contributed by atoms with E-state index in [1.165, 1.54) is 7.11 Å². The maximum atomic E-state index is 10.7. The molecule has 1 aromatic carbocycles. The highest BCUT2D eigenvalue weighted by molar-refractivity contribution is 9.10. The lowest BCUT2D eigenvalue weighted by atomic mass is 10.1. The number of ether oxygens (including phenoxy) is 1. The minimum Gasteiger partial charge on any atom is -0.495 e. The van der Waals surface area contributed by atoms with Crippen LogP contribution in [-0.4, -0.2) is 23.3 Å². The van der Waals surface area contributed by atoms with E-state index in [1.807, 2.05) is 6.92 Å². The molecule has 0 radical (unpaired) electrons. The lowest BCUT2D eigenvalue weighted by molar-refractivity contribution is -0.147. The van der Waals surface area contributed by atoms with Gasteiger partial charge in [-0.05, 0) is 40.5 Å². The molecule has 0 bridgehead atoms. The molecule has 4 nitrogen and oxygen atoms in total. The fourth-order valence-corrected chi connectivity index (χ4v) is 2.06. The number of aliphatic hydroxyl groups excluding tert-OH is 1. The first-order valence-electron chi connectivity index (χ1n) is 4.22. The first-order valence-corrected chi connectivity index (χ1v) is 5.01.